The SMILES string of the molecule is CC/C=C\C/C=C\C/C=C\C/C=C\C/C=C\C/C=C\CCC(=O)NC(CS(=O)(=O)O)C(O)/C=C/CC/C=C/CC/C=C/CCCCCC. The molecule has 0 aliphatic carbocycles. The second-order valence-corrected chi connectivity index (χ2v) is 13.2. The molecule has 0 aromatic rings. The van der Waals surface area contributed by atoms with Gasteiger partial charge in [0.15, 0.2) is 0 Å². The van der Waals surface area contributed by atoms with Crippen LogP contribution < -0.4 is 5.32 Å². The summed E-state index contributed by atoms with van der Waals surface area (Å²) in [6.45, 7) is 4.36. The highest BCUT2D eigenvalue weighted by molar-refractivity contribution is 7.85. The molecule has 0 spiro atoms. The number of aliphatic hydroxyl groups is 1. The Bertz CT molecular complexity index is 1160. The normalized spacial score (nSPS) is 14.7. The lowest BCUT2D eigenvalue weighted by molar-refractivity contribution is -0.122. The van der Waals surface area contributed by atoms with Crippen LogP contribution in [0.25, 0.3) is 0 Å². The summed E-state index contributed by atoms with van der Waals surface area (Å²) in [5.41, 5.74) is 0. The Balaban J connectivity index is 4.25. The summed E-state index contributed by atoms with van der Waals surface area (Å²) >= 11 is 0. The topological polar surface area (TPSA) is 104 Å². The molecule has 0 aliphatic heterocycles. The van der Waals surface area contributed by atoms with Gasteiger partial charge in [-0.1, -0.05) is 142 Å². The van der Waals surface area contributed by atoms with Crippen molar-refractivity contribution in [3.8, 4) is 0 Å². The molecule has 2 unspecified atom stereocenters. The van der Waals surface area contributed by atoms with Crippen molar-refractivity contribution in [2.45, 2.75) is 135 Å². The molecule has 0 rings (SSSR count). The predicted molar refractivity (Wildman–Crippen MR) is 206 cm³/mol. The zero-order valence-electron chi connectivity index (χ0n) is 29.8. The van der Waals surface area contributed by atoms with Crippen LogP contribution in [0.4, 0.5) is 0 Å². The fourth-order valence-corrected chi connectivity index (χ4v) is 5.23. The largest absolute Gasteiger partial charge is 0.387 e. The van der Waals surface area contributed by atoms with Gasteiger partial charge in [0.1, 0.15) is 0 Å². The molecule has 6 nitrogen and oxygen atoms in total. The number of amides is 1. The molecular weight excluding hydrogens is 619 g/mol. The van der Waals surface area contributed by atoms with Crippen LogP contribution in [0.1, 0.15) is 123 Å². The summed E-state index contributed by atoms with van der Waals surface area (Å²) in [5, 5.41) is 13.1. The third-order valence-corrected chi connectivity index (χ3v) is 7.95. The number of nitrogens with one attached hydrogen (secondary N) is 1. The molecule has 0 aromatic heterocycles. The molecule has 0 heterocycles. The number of aliphatic hydroxyl groups excluding tert-OH is 1. The van der Waals surface area contributed by atoms with E-state index >= 15 is 0 Å². The van der Waals surface area contributed by atoms with Crippen LogP contribution in [0.3, 0.4) is 0 Å². The molecule has 7 heteroatoms. The summed E-state index contributed by atoms with van der Waals surface area (Å²) in [6.07, 6.45) is 52.2. The Morgan fingerprint density at radius 3 is 1.50 bits per heavy atom. The summed E-state index contributed by atoms with van der Waals surface area (Å²) < 4.78 is 32.3. The third kappa shape index (κ3) is 34.3. The average molecular weight is 684 g/mol. The lowest BCUT2D eigenvalue weighted by atomic mass is 10.1. The third-order valence-electron chi connectivity index (χ3n) is 7.17. The van der Waals surface area contributed by atoms with Crippen LogP contribution in [0.15, 0.2) is 109 Å². The number of hydrogen-bond acceptors (Lipinski definition) is 4. The first-order chi connectivity index (χ1) is 23.3. The van der Waals surface area contributed by atoms with E-state index in [4.69, 9.17) is 0 Å². The highest BCUT2D eigenvalue weighted by atomic mass is 32.2. The van der Waals surface area contributed by atoms with Crippen molar-refractivity contribution in [2.24, 2.45) is 0 Å². The first kappa shape index (κ1) is 45.0. The standard InChI is InChI=1S/C41H65NO5S/c1-3-5-7-9-11-13-15-17-19-20-21-22-23-25-27-29-31-33-35-37-41(44)42-39(38-48(45,46)47)40(43)36-34-32-30-28-26-24-18-16-14-12-10-8-6-4-2/h5,7,11,13-14,16-17,19,21-22,25-28,31,33-34,36,39-40,43H,3-4,6,8-10,12,15,18,20,23-24,29-30,32,35,37-38H2,1-2H3,(H,42,44)(H,45,46,47)/b7-5-,13-11-,16-14+,19-17-,22-21-,27-25-,28-26+,33-31-,36-34+. The molecule has 0 radical (unpaired) electrons. The Morgan fingerprint density at radius 1 is 0.583 bits per heavy atom. The maximum Gasteiger partial charge on any atom is 0.267 e. The quantitative estimate of drug-likeness (QED) is 0.0397. The van der Waals surface area contributed by atoms with Crippen LogP contribution in [0.5, 0.6) is 0 Å². The Hall–Kier alpha value is -3.00. The van der Waals surface area contributed by atoms with Gasteiger partial charge in [-0.2, -0.15) is 8.42 Å². The molecule has 0 fully saturated rings. The lowest BCUT2D eigenvalue weighted by Crippen LogP contribution is -2.46. The van der Waals surface area contributed by atoms with Gasteiger partial charge < -0.3 is 10.4 Å². The predicted octanol–water partition coefficient (Wildman–Crippen LogP) is 10.4. The fraction of sp³-hybridized carbons (Fsp3) is 0.537. The van der Waals surface area contributed by atoms with Crippen LogP contribution in [-0.2, 0) is 14.9 Å². The van der Waals surface area contributed by atoms with E-state index in [2.05, 4.69) is 104 Å². The van der Waals surface area contributed by atoms with Gasteiger partial charge in [0.25, 0.3) is 10.1 Å². The lowest BCUT2D eigenvalue weighted by Gasteiger charge is -2.20. The second kappa shape index (κ2) is 33.9. The zero-order valence-corrected chi connectivity index (χ0v) is 30.6. The highest BCUT2D eigenvalue weighted by Gasteiger charge is 2.24. The van der Waals surface area contributed by atoms with Crippen LogP contribution >= 0.6 is 0 Å². The Morgan fingerprint density at radius 2 is 1.02 bits per heavy atom. The number of carbonyl (C=O) groups is 1. The number of rotatable bonds is 30. The first-order valence-electron chi connectivity index (χ1n) is 18.1. The zero-order chi connectivity index (χ0) is 35.4. The molecule has 48 heavy (non-hydrogen) atoms. The van der Waals surface area contributed by atoms with Gasteiger partial charge >= 0.3 is 0 Å². The van der Waals surface area contributed by atoms with Gasteiger partial charge in [-0.15, -0.1) is 0 Å². The van der Waals surface area contributed by atoms with Gasteiger partial charge in [0.2, 0.25) is 5.91 Å². The monoisotopic (exact) mass is 683 g/mol. The van der Waals surface area contributed by atoms with Gasteiger partial charge in [-0.25, -0.2) is 0 Å². The minimum absolute atomic E-state index is 0.152. The van der Waals surface area contributed by atoms with Crippen LogP contribution in [-0.4, -0.2) is 41.9 Å². The minimum atomic E-state index is -4.39. The van der Waals surface area contributed by atoms with Crippen molar-refractivity contribution in [3.63, 3.8) is 0 Å². The molecule has 0 aromatic carbocycles. The van der Waals surface area contributed by atoms with E-state index in [1.165, 1.54) is 31.8 Å². The van der Waals surface area contributed by atoms with E-state index < -0.39 is 28.0 Å². The molecule has 270 valence electrons. The van der Waals surface area contributed by atoms with Crippen molar-refractivity contribution in [2.75, 3.05) is 5.75 Å². The minimum Gasteiger partial charge on any atom is -0.387 e. The summed E-state index contributed by atoms with van der Waals surface area (Å²) in [6, 6.07) is -1.13. The van der Waals surface area contributed by atoms with Crippen molar-refractivity contribution >= 4 is 16.0 Å². The van der Waals surface area contributed by atoms with Crippen molar-refractivity contribution in [1.29, 1.82) is 0 Å². The molecule has 2 atom stereocenters. The molecule has 0 saturated heterocycles. The number of allylic oxidation sites excluding steroid dienone is 17. The molecule has 0 bridgehead atoms. The van der Waals surface area contributed by atoms with E-state index in [1.54, 1.807) is 6.08 Å². The van der Waals surface area contributed by atoms with E-state index in [9.17, 15) is 22.9 Å². The van der Waals surface area contributed by atoms with Crippen LogP contribution in [0.2, 0.25) is 0 Å². The highest BCUT2D eigenvalue weighted by Crippen LogP contribution is 2.06. The van der Waals surface area contributed by atoms with E-state index in [0.717, 1.165) is 64.2 Å². The molecule has 3 N–H and O–H groups in total. The summed E-state index contributed by atoms with van der Waals surface area (Å²) in [7, 11) is -4.39. The maximum absolute atomic E-state index is 12.4. The van der Waals surface area contributed by atoms with E-state index in [1.807, 2.05) is 12.2 Å². The summed E-state index contributed by atoms with van der Waals surface area (Å²) in [5.74, 6) is -1.13. The second-order valence-electron chi connectivity index (χ2n) is 11.7. The Kier molecular flexibility index (Phi) is 31.8. The van der Waals surface area contributed by atoms with Crippen molar-refractivity contribution in [3.05, 3.63) is 109 Å². The molecule has 1 amide bonds. The van der Waals surface area contributed by atoms with Gasteiger partial charge in [0, 0.05) is 6.42 Å². The first-order valence-corrected chi connectivity index (χ1v) is 19.7. The van der Waals surface area contributed by atoms with Crippen molar-refractivity contribution < 1.29 is 22.9 Å². The molecule has 0 aliphatic rings. The number of unbranched alkanes of at least 4 members (excludes halogenated alkanes) is 6. The fourth-order valence-electron chi connectivity index (χ4n) is 4.50. The van der Waals surface area contributed by atoms with Crippen LogP contribution in [0, 0.1) is 0 Å². The number of hydrogen-bond donors (Lipinski definition) is 3. The van der Waals surface area contributed by atoms with Gasteiger partial charge in [0.05, 0.1) is 17.9 Å². The Labute approximate surface area is 293 Å². The molecular formula is C41H65NO5S. The van der Waals surface area contributed by atoms with E-state index in [-0.39, 0.29) is 12.3 Å². The van der Waals surface area contributed by atoms with E-state index in [0.29, 0.717) is 12.8 Å². The van der Waals surface area contributed by atoms with Gasteiger partial charge in [-0.05, 0) is 83.5 Å². The average Bonchev–Trinajstić information content (AvgIpc) is 3.05. The molecule has 0 saturated carbocycles. The smallest absolute Gasteiger partial charge is 0.267 e. The van der Waals surface area contributed by atoms with Gasteiger partial charge in [-0.3, -0.25) is 9.35 Å². The summed E-state index contributed by atoms with van der Waals surface area (Å²) in [4.78, 5) is 12.4. The number of carbonyl (C=O) groups excluding carboxylic acids is 1. The van der Waals surface area contributed by atoms with Crippen molar-refractivity contribution in [1.82, 2.24) is 5.32 Å². The maximum atomic E-state index is 12.4.